The van der Waals surface area contributed by atoms with E-state index in [1.807, 2.05) is 12.1 Å². The number of aromatic hydroxyl groups is 1. The zero-order valence-corrected chi connectivity index (χ0v) is 10.6. The number of phenolic OH excluding ortho intramolecular Hbond substituents is 1. The number of carbonyl (C=O) groups excluding carboxylic acids is 1. The number of imidazole rings is 1. The Morgan fingerprint density at radius 3 is 2.79 bits per heavy atom. The third-order valence-electron chi connectivity index (χ3n) is 2.68. The normalized spacial score (nSPS) is 12.1. The number of nitrogens with zero attached hydrogens (tertiary/aromatic N) is 1. The van der Waals surface area contributed by atoms with E-state index < -0.39 is 0 Å². The summed E-state index contributed by atoms with van der Waals surface area (Å²) in [7, 11) is 0. The summed E-state index contributed by atoms with van der Waals surface area (Å²) in [6.45, 7) is 1.42. The van der Waals surface area contributed by atoms with Crippen molar-refractivity contribution >= 4 is 11.9 Å². The van der Waals surface area contributed by atoms with Gasteiger partial charge in [-0.15, -0.1) is 0 Å². The molecule has 100 valence electrons. The van der Waals surface area contributed by atoms with Crippen molar-refractivity contribution in [3.8, 4) is 5.75 Å². The maximum atomic E-state index is 10.9. The van der Waals surface area contributed by atoms with Crippen LogP contribution in [0.2, 0.25) is 0 Å². The van der Waals surface area contributed by atoms with Gasteiger partial charge >= 0.3 is 0 Å². The van der Waals surface area contributed by atoms with Crippen LogP contribution in [-0.4, -0.2) is 21.0 Å². The number of rotatable bonds is 4. The zero-order valence-electron chi connectivity index (χ0n) is 10.6. The predicted octanol–water partition coefficient (Wildman–Crippen LogP) is 1.32. The standard InChI is InChI=1S/C13H16N4O2/c1-8(18)16-13-15-7-12(17-13)11(14)6-9-2-4-10(19)5-3-9/h2-5,7,11,19H,6,14H2,1H3,(H2,15,16,17,18)/t11-/m0/s1. The second-order valence-corrected chi connectivity index (χ2v) is 4.35. The second kappa shape index (κ2) is 5.53. The van der Waals surface area contributed by atoms with Crippen LogP contribution in [0.25, 0.3) is 0 Å². The van der Waals surface area contributed by atoms with Gasteiger partial charge in [-0.05, 0) is 24.1 Å². The molecule has 1 aromatic carbocycles. The molecule has 5 N–H and O–H groups in total. The van der Waals surface area contributed by atoms with Gasteiger partial charge in [0.05, 0.1) is 17.9 Å². The van der Waals surface area contributed by atoms with E-state index in [1.54, 1.807) is 18.3 Å². The van der Waals surface area contributed by atoms with Crippen molar-refractivity contribution in [3.05, 3.63) is 41.7 Å². The molecule has 0 saturated heterocycles. The van der Waals surface area contributed by atoms with Crippen LogP contribution in [0.4, 0.5) is 5.95 Å². The van der Waals surface area contributed by atoms with E-state index in [-0.39, 0.29) is 17.7 Å². The zero-order chi connectivity index (χ0) is 13.8. The molecule has 0 bridgehead atoms. The summed E-state index contributed by atoms with van der Waals surface area (Å²) in [4.78, 5) is 17.9. The highest BCUT2D eigenvalue weighted by molar-refractivity contribution is 5.86. The van der Waals surface area contributed by atoms with Crippen molar-refractivity contribution in [2.45, 2.75) is 19.4 Å². The van der Waals surface area contributed by atoms with Gasteiger partial charge in [0.1, 0.15) is 5.75 Å². The molecule has 0 aliphatic heterocycles. The number of anilines is 1. The van der Waals surface area contributed by atoms with Crippen LogP contribution in [0.5, 0.6) is 5.75 Å². The first kappa shape index (κ1) is 13.1. The van der Waals surface area contributed by atoms with Gasteiger partial charge in [-0.2, -0.15) is 0 Å². The maximum absolute atomic E-state index is 10.9. The Morgan fingerprint density at radius 1 is 1.47 bits per heavy atom. The van der Waals surface area contributed by atoms with E-state index in [0.717, 1.165) is 11.3 Å². The van der Waals surface area contributed by atoms with Crippen molar-refractivity contribution in [1.82, 2.24) is 9.97 Å². The highest BCUT2D eigenvalue weighted by Crippen LogP contribution is 2.17. The summed E-state index contributed by atoms with van der Waals surface area (Å²) in [6.07, 6.45) is 2.22. The molecule has 2 rings (SSSR count). The summed E-state index contributed by atoms with van der Waals surface area (Å²) in [5.41, 5.74) is 7.82. The minimum atomic E-state index is -0.250. The number of amides is 1. The Balaban J connectivity index is 2.03. The molecule has 0 radical (unpaired) electrons. The fourth-order valence-electron chi connectivity index (χ4n) is 1.75. The van der Waals surface area contributed by atoms with Gasteiger partial charge in [0.15, 0.2) is 0 Å². The molecular weight excluding hydrogens is 244 g/mol. The first-order valence-electron chi connectivity index (χ1n) is 5.90. The Morgan fingerprint density at radius 2 is 2.16 bits per heavy atom. The summed E-state index contributed by atoms with van der Waals surface area (Å²) in [6, 6.07) is 6.63. The molecule has 1 atom stereocenters. The highest BCUT2D eigenvalue weighted by Gasteiger charge is 2.11. The fraction of sp³-hybridized carbons (Fsp3) is 0.231. The molecule has 1 aromatic heterocycles. The van der Waals surface area contributed by atoms with Crippen molar-refractivity contribution in [1.29, 1.82) is 0 Å². The number of H-pyrrole nitrogens is 1. The van der Waals surface area contributed by atoms with Gasteiger partial charge in [-0.3, -0.25) is 10.1 Å². The van der Waals surface area contributed by atoms with Crippen LogP contribution >= 0.6 is 0 Å². The Bertz CT molecular complexity index is 562. The number of hydrogen-bond donors (Lipinski definition) is 4. The fourth-order valence-corrected chi connectivity index (χ4v) is 1.75. The van der Waals surface area contributed by atoms with Crippen molar-refractivity contribution in [3.63, 3.8) is 0 Å². The molecule has 0 spiro atoms. The molecule has 0 fully saturated rings. The summed E-state index contributed by atoms with van der Waals surface area (Å²) in [5.74, 6) is 0.434. The Labute approximate surface area is 110 Å². The average molecular weight is 260 g/mol. The van der Waals surface area contributed by atoms with Gasteiger partial charge in [-0.1, -0.05) is 12.1 Å². The number of aromatic nitrogens is 2. The van der Waals surface area contributed by atoms with Crippen LogP contribution in [0, 0.1) is 0 Å². The first-order chi connectivity index (χ1) is 9.04. The molecule has 1 heterocycles. The lowest BCUT2D eigenvalue weighted by molar-refractivity contribution is -0.114. The number of carbonyl (C=O) groups is 1. The first-order valence-corrected chi connectivity index (χ1v) is 5.90. The summed E-state index contributed by atoms with van der Waals surface area (Å²) in [5, 5.41) is 11.8. The third-order valence-corrected chi connectivity index (χ3v) is 2.68. The maximum Gasteiger partial charge on any atom is 0.223 e. The molecule has 1 amide bonds. The number of aromatic amines is 1. The van der Waals surface area contributed by atoms with E-state index in [0.29, 0.717) is 12.4 Å². The molecule has 19 heavy (non-hydrogen) atoms. The van der Waals surface area contributed by atoms with E-state index in [4.69, 9.17) is 5.73 Å². The largest absolute Gasteiger partial charge is 0.508 e. The van der Waals surface area contributed by atoms with Crippen molar-refractivity contribution in [2.75, 3.05) is 5.32 Å². The third kappa shape index (κ3) is 3.56. The Kier molecular flexibility index (Phi) is 3.82. The SMILES string of the molecule is CC(=O)Nc1ncc([C@@H](N)Cc2ccc(O)cc2)[nH]1. The van der Waals surface area contributed by atoms with Crippen LogP contribution in [0.15, 0.2) is 30.5 Å². The van der Waals surface area contributed by atoms with E-state index in [2.05, 4.69) is 15.3 Å². The number of phenols is 1. The summed E-state index contributed by atoms with van der Waals surface area (Å²) < 4.78 is 0. The number of nitrogens with one attached hydrogen (secondary N) is 2. The van der Waals surface area contributed by atoms with Crippen molar-refractivity contribution < 1.29 is 9.90 Å². The lowest BCUT2D eigenvalue weighted by Crippen LogP contribution is -2.14. The molecule has 6 heteroatoms. The Hall–Kier alpha value is -2.34. The van der Waals surface area contributed by atoms with Crippen LogP contribution in [-0.2, 0) is 11.2 Å². The molecule has 0 unspecified atom stereocenters. The summed E-state index contributed by atoms with van der Waals surface area (Å²) >= 11 is 0. The minimum absolute atomic E-state index is 0.187. The molecule has 6 nitrogen and oxygen atoms in total. The molecule has 0 saturated carbocycles. The minimum Gasteiger partial charge on any atom is -0.508 e. The van der Waals surface area contributed by atoms with Gasteiger partial charge in [0.2, 0.25) is 11.9 Å². The topological polar surface area (TPSA) is 104 Å². The van der Waals surface area contributed by atoms with Gasteiger partial charge < -0.3 is 15.8 Å². The smallest absolute Gasteiger partial charge is 0.223 e. The molecular formula is C13H16N4O2. The van der Waals surface area contributed by atoms with Crippen LogP contribution in [0.1, 0.15) is 24.2 Å². The van der Waals surface area contributed by atoms with Crippen LogP contribution < -0.4 is 11.1 Å². The lowest BCUT2D eigenvalue weighted by atomic mass is 10.0. The molecule has 0 aliphatic rings. The van der Waals surface area contributed by atoms with E-state index in [1.165, 1.54) is 6.92 Å². The number of nitrogens with two attached hydrogens (primary N) is 1. The average Bonchev–Trinajstić information content (AvgIpc) is 2.80. The highest BCUT2D eigenvalue weighted by atomic mass is 16.3. The van der Waals surface area contributed by atoms with Gasteiger partial charge in [0, 0.05) is 6.92 Å². The predicted molar refractivity (Wildman–Crippen MR) is 71.6 cm³/mol. The number of hydrogen-bond acceptors (Lipinski definition) is 4. The quantitative estimate of drug-likeness (QED) is 0.665. The molecule has 0 aliphatic carbocycles. The van der Waals surface area contributed by atoms with E-state index in [9.17, 15) is 9.90 Å². The second-order valence-electron chi connectivity index (χ2n) is 4.35. The van der Waals surface area contributed by atoms with Gasteiger partial charge in [-0.25, -0.2) is 4.98 Å². The molecule has 2 aromatic rings. The monoisotopic (exact) mass is 260 g/mol. The van der Waals surface area contributed by atoms with Gasteiger partial charge in [0.25, 0.3) is 0 Å². The van der Waals surface area contributed by atoms with Crippen LogP contribution in [0.3, 0.4) is 0 Å². The number of benzene rings is 1. The van der Waals surface area contributed by atoms with E-state index >= 15 is 0 Å². The lowest BCUT2D eigenvalue weighted by Gasteiger charge is -2.09. The van der Waals surface area contributed by atoms with Crippen molar-refractivity contribution in [2.24, 2.45) is 5.73 Å².